The standard InChI is InChI=1S/C23H26N2O3S.Y/c1-2-14-25(29(27,28)19-10-4-3-5-11-19)16-22(26)24-23-20-12-6-8-17(20)15-18-9-7-13-21(18)23;/h3-5,10-11,15-16H,1-2,6-9,12-14H2,(H,24,26);/q-2;. The number of nitrogens with zero attached hydrogens (tertiary/aromatic N) is 1. The molecule has 4 rings (SSSR count). The molecule has 1 amide bonds. The predicted octanol–water partition coefficient (Wildman–Crippen LogP) is 3.68. The number of hydrogen-bond acceptors (Lipinski definition) is 3. The minimum absolute atomic E-state index is 0. The Labute approximate surface area is 204 Å². The van der Waals surface area contributed by atoms with Crippen LogP contribution in [0.2, 0.25) is 0 Å². The zero-order chi connectivity index (χ0) is 20.4. The average molecular weight is 499 g/mol. The van der Waals surface area contributed by atoms with Crippen LogP contribution in [-0.2, 0) is 73.2 Å². The maximum Gasteiger partial charge on any atom is 0.218 e. The summed E-state index contributed by atoms with van der Waals surface area (Å²) < 4.78 is 27.0. The summed E-state index contributed by atoms with van der Waals surface area (Å²) in [5.41, 5.74) is 6.02. The van der Waals surface area contributed by atoms with Crippen molar-refractivity contribution in [3.05, 3.63) is 72.1 Å². The van der Waals surface area contributed by atoms with Crippen LogP contribution >= 0.6 is 0 Å². The first-order chi connectivity index (χ1) is 14.0. The molecule has 0 aromatic heterocycles. The van der Waals surface area contributed by atoms with Crippen LogP contribution in [0.1, 0.15) is 41.5 Å². The fraction of sp³-hybridized carbons (Fsp3) is 0.348. The van der Waals surface area contributed by atoms with Crippen LogP contribution in [0.15, 0.2) is 41.3 Å². The van der Waals surface area contributed by atoms with Crippen molar-refractivity contribution >= 4 is 21.6 Å². The minimum Gasteiger partial charge on any atom is -0.350 e. The molecule has 1 radical (unpaired) electrons. The summed E-state index contributed by atoms with van der Waals surface area (Å²) in [4.78, 5) is 13.0. The SMILES string of the molecule is [CH2-]CCN([CH-]C(=O)Nc1c2c(cc3c1CCC3)CCC2)S(=O)(=O)c1ccccc1.[Y]. The molecule has 0 heterocycles. The number of benzene rings is 2. The Morgan fingerprint density at radius 3 is 2.20 bits per heavy atom. The number of fused-ring (bicyclic) bond motifs is 2. The summed E-state index contributed by atoms with van der Waals surface area (Å²) >= 11 is 0. The van der Waals surface area contributed by atoms with Gasteiger partial charge in [-0.3, -0.25) is 0 Å². The van der Waals surface area contributed by atoms with Gasteiger partial charge in [0.05, 0.1) is 4.90 Å². The number of anilines is 1. The van der Waals surface area contributed by atoms with Crippen LogP contribution in [-0.4, -0.2) is 25.2 Å². The third-order valence-corrected chi connectivity index (χ3v) is 7.48. The quantitative estimate of drug-likeness (QED) is 0.592. The summed E-state index contributed by atoms with van der Waals surface area (Å²) in [6, 6.07) is 10.5. The number of carbonyl (C=O) groups is 1. The zero-order valence-corrected chi connectivity index (χ0v) is 20.7. The van der Waals surface area contributed by atoms with E-state index in [1.54, 1.807) is 18.2 Å². The van der Waals surface area contributed by atoms with E-state index in [-0.39, 0.29) is 44.1 Å². The van der Waals surface area contributed by atoms with E-state index in [0.717, 1.165) is 48.5 Å². The Morgan fingerprint density at radius 2 is 1.63 bits per heavy atom. The molecule has 0 aliphatic heterocycles. The van der Waals surface area contributed by atoms with Gasteiger partial charge in [0.25, 0.3) is 0 Å². The van der Waals surface area contributed by atoms with Crippen molar-refractivity contribution in [2.45, 2.75) is 49.8 Å². The van der Waals surface area contributed by atoms with Crippen molar-refractivity contribution < 1.29 is 45.9 Å². The van der Waals surface area contributed by atoms with Gasteiger partial charge in [0.15, 0.2) is 0 Å². The molecule has 2 aliphatic rings. The van der Waals surface area contributed by atoms with E-state index in [1.807, 2.05) is 0 Å². The topological polar surface area (TPSA) is 66.5 Å². The molecule has 0 saturated heterocycles. The summed E-state index contributed by atoms with van der Waals surface area (Å²) in [6.07, 6.45) is 6.58. The maximum atomic E-state index is 13.0. The van der Waals surface area contributed by atoms with E-state index in [4.69, 9.17) is 0 Å². The molecule has 0 unspecified atom stereocenters. The fourth-order valence-corrected chi connectivity index (χ4v) is 5.77. The first-order valence-electron chi connectivity index (χ1n) is 10.2. The molecule has 1 N–H and O–H groups in total. The van der Waals surface area contributed by atoms with Gasteiger partial charge in [0, 0.05) is 38.4 Å². The molecule has 2 aromatic carbocycles. The van der Waals surface area contributed by atoms with E-state index in [1.165, 1.54) is 40.9 Å². The summed E-state index contributed by atoms with van der Waals surface area (Å²) in [6.45, 7) is 5.08. The normalized spacial score (nSPS) is 14.7. The molecule has 0 fully saturated rings. The Kier molecular flexibility index (Phi) is 7.78. The Balaban J connectivity index is 0.00000256. The fourth-order valence-electron chi connectivity index (χ4n) is 4.39. The summed E-state index contributed by atoms with van der Waals surface area (Å²) in [7, 11) is -3.80. The third kappa shape index (κ3) is 4.67. The molecule has 157 valence electrons. The zero-order valence-electron chi connectivity index (χ0n) is 17.1. The van der Waals surface area contributed by atoms with E-state index in [2.05, 4.69) is 18.3 Å². The van der Waals surface area contributed by atoms with Crippen molar-refractivity contribution in [3.63, 3.8) is 0 Å². The van der Waals surface area contributed by atoms with E-state index < -0.39 is 15.9 Å². The van der Waals surface area contributed by atoms with Crippen molar-refractivity contribution in [1.82, 2.24) is 4.31 Å². The van der Waals surface area contributed by atoms with Gasteiger partial charge in [-0.15, -0.1) is 0 Å². The van der Waals surface area contributed by atoms with Gasteiger partial charge >= 0.3 is 0 Å². The monoisotopic (exact) mass is 499 g/mol. The van der Waals surface area contributed by atoms with Crippen molar-refractivity contribution in [2.75, 3.05) is 11.9 Å². The summed E-state index contributed by atoms with van der Waals surface area (Å²) in [5.74, 6) is -0.410. The van der Waals surface area contributed by atoms with Crippen molar-refractivity contribution in [3.8, 4) is 0 Å². The molecule has 0 bridgehead atoms. The van der Waals surface area contributed by atoms with Crippen LogP contribution in [0.5, 0.6) is 0 Å². The molecule has 0 saturated carbocycles. The van der Waals surface area contributed by atoms with Gasteiger partial charge in [0.1, 0.15) is 5.91 Å². The second kappa shape index (κ2) is 9.94. The van der Waals surface area contributed by atoms with Crippen molar-refractivity contribution in [2.24, 2.45) is 0 Å². The maximum absolute atomic E-state index is 13.0. The number of aryl methyl sites for hydroxylation is 2. The Hall–Kier alpha value is -1.21. The van der Waals surface area contributed by atoms with Gasteiger partial charge in [-0.25, -0.2) is 15.0 Å². The number of rotatable bonds is 7. The van der Waals surface area contributed by atoms with E-state index in [9.17, 15) is 13.2 Å². The largest absolute Gasteiger partial charge is 0.350 e. The number of hydrogen-bond donors (Lipinski definition) is 1. The smallest absolute Gasteiger partial charge is 0.218 e. The number of sulfonamides is 1. The molecule has 2 aliphatic carbocycles. The van der Waals surface area contributed by atoms with Gasteiger partial charge in [-0.1, -0.05) is 24.3 Å². The molecule has 30 heavy (non-hydrogen) atoms. The third-order valence-electron chi connectivity index (χ3n) is 5.71. The minimum atomic E-state index is -3.80. The molecular weight excluding hydrogens is 473 g/mol. The first-order valence-corrected chi connectivity index (χ1v) is 11.6. The Bertz CT molecular complexity index is 990. The molecule has 5 nitrogen and oxygen atoms in total. The van der Waals surface area contributed by atoms with Gasteiger partial charge in [-0.05, 0) is 79.5 Å². The van der Waals surface area contributed by atoms with Gasteiger partial charge < -0.3 is 21.3 Å². The van der Waals surface area contributed by atoms with Crippen molar-refractivity contribution in [1.29, 1.82) is 0 Å². The van der Waals surface area contributed by atoms with Crippen LogP contribution in [0.3, 0.4) is 0 Å². The van der Waals surface area contributed by atoms with Gasteiger partial charge in [0.2, 0.25) is 10.0 Å². The second-order valence-electron chi connectivity index (χ2n) is 7.63. The number of nitrogens with one attached hydrogen (secondary N) is 1. The molecule has 7 heteroatoms. The van der Waals surface area contributed by atoms with Crippen LogP contribution in [0.4, 0.5) is 5.69 Å². The molecule has 0 spiro atoms. The average Bonchev–Trinajstić information content (AvgIpc) is 3.37. The number of carbonyl (C=O) groups excluding carboxylic acids is 1. The molecular formula is C23H26N2O3SY-2. The van der Waals surface area contributed by atoms with Crippen LogP contribution in [0, 0.1) is 13.5 Å². The number of amides is 1. The van der Waals surface area contributed by atoms with E-state index >= 15 is 0 Å². The van der Waals surface area contributed by atoms with Crippen LogP contribution < -0.4 is 5.32 Å². The molecule has 0 atom stereocenters. The Morgan fingerprint density at radius 1 is 1.03 bits per heavy atom. The first kappa shape index (κ1) is 23.5. The van der Waals surface area contributed by atoms with E-state index in [0.29, 0.717) is 6.42 Å². The van der Waals surface area contributed by atoms with Crippen LogP contribution in [0.25, 0.3) is 0 Å². The summed E-state index contributed by atoms with van der Waals surface area (Å²) in [5, 5.41) is 3.03. The predicted molar refractivity (Wildman–Crippen MR) is 114 cm³/mol. The molecule has 2 aromatic rings. The van der Waals surface area contributed by atoms with Gasteiger partial charge in [-0.2, -0.15) is 6.42 Å². The second-order valence-corrected chi connectivity index (χ2v) is 9.53.